The summed E-state index contributed by atoms with van der Waals surface area (Å²) >= 11 is 0. The van der Waals surface area contributed by atoms with Crippen LogP contribution in [0.4, 0.5) is 0 Å². The molecular weight excluding hydrogens is 374 g/mol. The second-order valence-corrected chi connectivity index (χ2v) is 9.29. The molecule has 1 atom stereocenters. The van der Waals surface area contributed by atoms with Crippen molar-refractivity contribution in [2.75, 3.05) is 6.54 Å². The van der Waals surface area contributed by atoms with Crippen LogP contribution in [0.2, 0.25) is 0 Å². The molecule has 1 saturated carbocycles. The molecule has 1 amide bonds. The van der Waals surface area contributed by atoms with E-state index in [1.807, 2.05) is 17.0 Å². The van der Waals surface area contributed by atoms with Crippen molar-refractivity contribution in [3.05, 3.63) is 59.9 Å². The molecule has 7 heteroatoms. The van der Waals surface area contributed by atoms with Gasteiger partial charge in [0.05, 0.1) is 10.9 Å². The number of carbonyl (C=O) groups excluding carboxylic acids is 1. The van der Waals surface area contributed by atoms with Gasteiger partial charge in [-0.05, 0) is 55.5 Å². The molecular formula is C21H25N3O3S. The maximum absolute atomic E-state index is 13.1. The van der Waals surface area contributed by atoms with Crippen molar-refractivity contribution in [2.24, 2.45) is 0 Å². The maximum Gasteiger partial charge on any atom is 0.254 e. The van der Waals surface area contributed by atoms with Crippen molar-refractivity contribution in [1.82, 2.24) is 14.6 Å². The average molecular weight is 400 g/mol. The zero-order valence-electron chi connectivity index (χ0n) is 15.8. The lowest BCUT2D eigenvalue weighted by atomic mass is 10.1. The molecule has 0 radical (unpaired) electrons. The molecule has 28 heavy (non-hydrogen) atoms. The molecule has 1 aromatic heterocycles. The van der Waals surface area contributed by atoms with Crippen molar-refractivity contribution in [3.63, 3.8) is 0 Å². The highest BCUT2D eigenvalue weighted by Crippen LogP contribution is 2.33. The lowest BCUT2D eigenvalue weighted by molar-refractivity contribution is 0.0735. The zero-order chi connectivity index (χ0) is 19.6. The smallest absolute Gasteiger partial charge is 0.254 e. The fourth-order valence-electron chi connectivity index (χ4n) is 4.22. The summed E-state index contributed by atoms with van der Waals surface area (Å²) in [6.07, 6.45) is 9.17. The predicted molar refractivity (Wildman–Crippen MR) is 106 cm³/mol. The first-order chi connectivity index (χ1) is 13.5. The van der Waals surface area contributed by atoms with Crippen LogP contribution in [0.1, 0.15) is 60.5 Å². The standard InChI is InChI=1S/C21H25N3O3S/c25-21(24-13-5-11-20(24)17-7-4-12-22-15-17)16-6-3-10-19(14-16)28(26,27)23-18-8-1-2-9-18/h3-4,6-7,10,12,14-15,18,20,23H,1-2,5,8-9,11,13H2/t20-/m1/s1. The van der Waals surface area contributed by atoms with E-state index in [1.165, 1.54) is 6.07 Å². The third kappa shape index (κ3) is 3.95. The number of likely N-dealkylation sites (tertiary alicyclic amines) is 1. The quantitative estimate of drug-likeness (QED) is 0.837. The lowest BCUT2D eigenvalue weighted by Gasteiger charge is -2.25. The summed E-state index contributed by atoms with van der Waals surface area (Å²) in [5.41, 5.74) is 1.42. The Labute approximate surface area is 166 Å². The van der Waals surface area contributed by atoms with Crippen molar-refractivity contribution in [2.45, 2.75) is 55.5 Å². The Morgan fingerprint density at radius 2 is 1.89 bits per heavy atom. The number of sulfonamides is 1. The van der Waals surface area contributed by atoms with Gasteiger partial charge in [-0.25, -0.2) is 13.1 Å². The van der Waals surface area contributed by atoms with Crippen LogP contribution in [-0.2, 0) is 10.0 Å². The first-order valence-electron chi connectivity index (χ1n) is 9.88. The van der Waals surface area contributed by atoms with Gasteiger partial charge in [0, 0.05) is 30.5 Å². The molecule has 1 aliphatic carbocycles. The lowest BCUT2D eigenvalue weighted by Crippen LogP contribution is -2.33. The zero-order valence-corrected chi connectivity index (χ0v) is 16.6. The van der Waals surface area contributed by atoms with E-state index in [9.17, 15) is 13.2 Å². The molecule has 1 aliphatic heterocycles. The fraction of sp³-hybridized carbons (Fsp3) is 0.429. The third-order valence-electron chi connectivity index (χ3n) is 5.65. The molecule has 1 N–H and O–H groups in total. The number of nitrogens with one attached hydrogen (secondary N) is 1. The minimum atomic E-state index is -3.62. The Kier molecular flexibility index (Phi) is 5.46. The van der Waals surface area contributed by atoms with Gasteiger partial charge in [-0.2, -0.15) is 0 Å². The number of amides is 1. The Bertz CT molecular complexity index is 940. The van der Waals surface area contributed by atoms with Crippen molar-refractivity contribution in [3.8, 4) is 0 Å². The molecule has 1 saturated heterocycles. The van der Waals surface area contributed by atoms with Crippen LogP contribution >= 0.6 is 0 Å². The highest BCUT2D eigenvalue weighted by Gasteiger charge is 2.31. The summed E-state index contributed by atoms with van der Waals surface area (Å²) in [5, 5.41) is 0. The van der Waals surface area contributed by atoms with Crippen molar-refractivity contribution < 1.29 is 13.2 Å². The van der Waals surface area contributed by atoms with E-state index in [0.29, 0.717) is 12.1 Å². The van der Waals surface area contributed by atoms with Crippen LogP contribution in [0.25, 0.3) is 0 Å². The summed E-state index contributed by atoms with van der Waals surface area (Å²) in [6, 6.07) is 10.2. The fourth-order valence-corrected chi connectivity index (χ4v) is 5.57. The Morgan fingerprint density at radius 1 is 1.07 bits per heavy atom. The van der Waals surface area contributed by atoms with Gasteiger partial charge < -0.3 is 4.90 Å². The van der Waals surface area contributed by atoms with E-state index in [1.54, 1.807) is 30.6 Å². The predicted octanol–water partition coefficient (Wildman–Crippen LogP) is 3.28. The Morgan fingerprint density at radius 3 is 2.64 bits per heavy atom. The van der Waals surface area contributed by atoms with E-state index in [-0.39, 0.29) is 22.9 Å². The Balaban J connectivity index is 1.56. The largest absolute Gasteiger partial charge is 0.332 e. The highest BCUT2D eigenvalue weighted by molar-refractivity contribution is 7.89. The van der Waals surface area contributed by atoms with Gasteiger partial charge >= 0.3 is 0 Å². The molecule has 6 nitrogen and oxygen atoms in total. The number of pyridine rings is 1. The van der Waals surface area contributed by atoms with Gasteiger partial charge in [-0.1, -0.05) is 25.0 Å². The number of carbonyl (C=O) groups is 1. The van der Waals surface area contributed by atoms with E-state index in [0.717, 1.165) is 44.1 Å². The monoisotopic (exact) mass is 399 g/mol. The van der Waals surface area contributed by atoms with Crippen LogP contribution in [0.15, 0.2) is 53.7 Å². The van der Waals surface area contributed by atoms with Gasteiger partial charge in [0.1, 0.15) is 0 Å². The number of hydrogen-bond acceptors (Lipinski definition) is 4. The van der Waals surface area contributed by atoms with Crippen LogP contribution in [-0.4, -0.2) is 36.8 Å². The highest BCUT2D eigenvalue weighted by atomic mass is 32.2. The molecule has 2 aliphatic rings. The van der Waals surface area contributed by atoms with E-state index in [2.05, 4.69) is 9.71 Å². The third-order valence-corrected chi connectivity index (χ3v) is 7.17. The van der Waals surface area contributed by atoms with Crippen LogP contribution in [0, 0.1) is 0 Å². The number of rotatable bonds is 5. The molecule has 148 valence electrons. The molecule has 0 spiro atoms. The van der Waals surface area contributed by atoms with Gasteiger partial charge in [-0.3, -0.25) is 9.78 Å². The van der Waals surface area contributed by atoms with E-state index in [4.69, 9.17) is 0 Å². The normalized spacial score (nSPS) is 20.6. The topological polar surface area (TPSA) is 79.4 Å². The van der Waals surface area contributed by atoms with Gasteiger partial charge in [0.2, 0.25) is 10.0 Å². The van der Waals surface area contributed by atoms with Gasteiger partial charge in [-0.15, -0.1) is 0 Å². The summed E-state index contributed by atoms with van der Waals surface area (Å²) in [7, 11) is -3.62. The molecule has 2 aromatic rings. The van der Waals surface area contributed by atoms with Gasteiger partial charge in [0.15, 0.2) is 0 Å². The van der Waals surface area contributed by atoms with Crippen molar-refractivity contribution >= 4 is 15.9 Å². The van der Waals surface area contributed by atoms with Crippen LogP contribution in [0.5, 0.6) is 0 Å². The van der Waals surface area contributed by atoms with Crippen molar-refractivity contribution in [1.29, 1.82) is 0 Å². The summed E-state index contributed by atoms with van der Waals surface area (Å²) in [4.78, 5) is 19.3. The summed E-state index contributed by atoms with van der Waals surface area (Å²) in [5.74, 6) is -0.135. The number of aromatic nitrogens is 1. The SMILES string of the molecule is O=C(c1cccc(S(=O)(=O)NC2CCCC2)c1)N1CCC[C@@H]1c1cccnc1. The molecule has 4 rings (SSSR count). The Hall–Kier alpha value is -2.25. The maximum atomic E-state index is 13.1. The minimum absolute atomic E-state index is 0.00194. The van der Waals surface area contributed by atoms with Crippen LogP contribution in [0.3, 0.4) is 0 Å². The van der Waals surface area contributed by atoms with E-state index >= 15 is 0 Å². The molecule has 0 bridgehead atoms. The second kappa shape index (κ2) is 8.01. The number of hydrogen-bond donors (Lipinski definition) is 1. The first kappa shape index (κ1) is 19.1. The summed E-state index contributed by atoms with van der Waals surface area (Å²) in [6.45, 7) is 0.662. The molecule has 1 aromatic carbocycles. The first-order valence-corrected chi connectivity index (χ1v) is 11.4. The van der Waals surface area contributed by atoms with Gasteiger partial charge in [0.25, 0.3) is 5.91 Å². The molecule has 2 heterocycles. The minimum Gasteiger partial charge on any atom is -0.332 e. The molecule has 0 unspecified atom stereocenters. The van der Waals surface area contributed by atoms with Crippen LogP contribution < -0.4 is 4.72 Å². The number of benzene rings is 1. The summed E-state index contributed by atoms with van der Waals surface area (Å²) < 4.78 is 28.2. The molecule has 2 fully saturated rings. The van der Waals surface area contributed by atoms with E-state index < -0.39 is 10.0 Å². The second-order valence-electron chi connectivity index (χ2n) is 7.57. The average Bonchev–Trinajstić information content (AvgIpc) is 3.40. The number of nitrogens with zero attached hydrogens (tertiary/aromatic N) is 2.